The highest BCUT2D eigenvalue weighted by atomic mass is 15.2. The van der Waals surface area contributed by atoms with Crippen molar-refractivity contribution in [3.05, 3.63) is 36.5 Å². The number of nitrogens with one attached hydrogen (secondary N) is 1. The second-order valence-corrected chi connectivity index (χ2v) is 4.63. The minimum absolute atomic E-state index is 0.554. The van der Waals surface area contributed by atoms with E-state index >= 15 is 0 Å². The molecule has 1 aromatic carbocycles. The summed E-state index contributed by atoms with van der Waals surface area (Å²) in [6, 6.07) is 11.2. The van der Waals surface area contributed by atoms with E-state index in [-0.39, 0.29) is 0 Å². The molecule has 3 heteroatoms. The van der Waals surface area contributed by atoms with Crippen LogP contribution >= 0.6 is 0 Å². The molecule has 1 N–H and O–H groups in total. The molecule has 17 heavy (non-hydrogen) atoms. The third-order valence-electron chi connectivity index (χ3n) is 3.42. The molecule has 0 amide bonds. The van der Waals surface area contributed by atoms with Crippen molar-refractivity contribution in [1.82, 2.24) is 10.3 Å². The molecule has 88 valence electrons. The molecule has 1 unspecified atom stereocenters. The summed E-state index contributed by atoms with van der Waals surface area (Å²) in [6.45, 7) is 5.47. The Balaban J connectivity index is 1.99. The van der Waals surface area contributed by atoms with Crippen LogP contribution < -0.4 is 10.2 Å². The van der Waals surface area contributed by atoms with E-state index < -0.39 is 0 Å². The average molecular weight is 227 g/mol. The van der Waals surface area contributed by atoms with Crippen molar-refractivity contribution in [2.75, 3.05) is 24.5 Å². The second kappa shape index (κ2) is 4.34. The molecule has 1 saturated heterocycles. The van der Waals surface area contributed by atoms with E-state index in [1.165, 1.54) is 11.1 Å². The number of nitrogens with zero attached hydrogens (tertiary/aromatic N) is 2. The zero-order chi connectivity index (χ0) is 11.7. The molecule has 2 heterocycles. The smallest absolute Gasteiger partial charge is 0.0703 e. The molecule has 0 saturated carbocycles. The van der Waals surface area contributed by atoms with E-state index in [1.807, 2.05) is 12.3 Å². The number of hydrogen-bond acceptors (Lipinski definition) is 3. The summed E-state index contributed by atoms with van der Waals surface area (Å²) in [5.41, 5.74) is 2.37. The van der Waals surface area contributed by atoms with Crippen molar-refractivity contribution in [2.45, 2.75) is 13.0 Å². The zero-order valence-electron chi connectivity index (χ0n) is 10.1. The van der Waals surface area contributed by atoms with Crippen LogP contribution in [0.4, 0.5) is 5.69 Å². The lowest BCUT2D eigenvalue weighted by Crippen LogP contribution is -2.49. The Morgan fingerprint density at radius 1 is 1.35 bits per heavy atom. The van der Waals surface area contributed by atoms with Crippen LogP contribution in [0.2, 0.25) is 0 Å². The first kappa shape index (κ1) is 10.5. The van der Waals surface area contributed by atoms with Crippen LogP contribution in [-0.4, -0.2) is 30.7 Å². The molecule has 1 aliphatic rings. The van der Waals surface area contributed by atoms with Gasteiger partial charge < -0.3 is 10.2 Å². The average Bonchev–Trinajstić information content (AvgIpc) is 2.39. The van der Waals surface area contributed by atoms with Crippen LogP contribution in [0.15, 0.2) is 36.5 Å². The van der Waals surface area contributed by atoms with Crippen molar-refractivity contribution < 1.29 is 0 Å². The number of anilines is 1. The number of hydrogen-bond donors (Lipinski definition) is 1. The minimum atomic E-state index is 0.554. The van der Waals surface area contributed by atoms with Crippen LogP contribution in [0.5, 0.6) is 0 Å². The molecule has 1 aromatic heterocycles. The Bertz CT molecular complexity index is 524. The lowest BCUT2D eigenvalue weighted by atomic mass is 10.1. The highest BCUT2D eigenvalue weighted by Gasteiger charge is 2.18. The van der Waals surface area contributed by atoms with Gasteiger partial charge in [-0.15, -0.1) is 0 Å². The normalized spacial score (nSPS) is 20.8. The Morgan fingerprint density at radius 2 is 2.29 bits per heavy atom. The van der Waals surface area contributed by atoms with Gasteiger partial charge in [0.05, 0.1) is 5.52 Å². The maximum absolute atomic E-state index is 4.36. The van der Waals surface area contributed by atoms with E-state index in [2.05, 4.69) is 46.4 Å². The summed E-state index contributed by atoms with van der Waals surface area (Å²) in [6.07, 6.45) is 1.84. The first-order valence-electron chi connectivity index (χ1n) is 6.17. The fraction of sp³-hybridized carbons (Fsp3) is 0.357. The van der Waals surface area contributed by atoms with Gasteiger partial charge in [-0.2, -0.15) is 0 Å². The molecule has 1 fully saturated rings. The van der Waals surface area contributed by atoms with E-state index in [0.717, 1.165) is 25.2 Å². The molecule has 1 aliphatic heterocycles. The summed E-state index contributed by atoms with van der Waals surface area (Å²) < 4.78 is 0. The molecule has 3 rings (SSSR count). The van der Waals surface area contributed by atoms with Crippen molar-refractivity contribution in [2.24, 2.45) is 0 Å². The standard InChI is InChI=1S/C14H17N3/c1-11-10-15-7-8-17(11)13-4-5-14-12(9-13)3-2-6-16-14/h2-6,9,11,15H,7-8,10H2,1H3. The van der Waals surface area contributed by atoms with Crippen molar-refractivity contribution in [3.8, 4) is 0 Å². The fourth-order valence-electron chi connectivity index (χ4n) is 2.47. The monoisotopic (exact) mass is 227 g/mol. The lowest BCUT2D eigenvalue weighted by Gasteiger charge is -2.36. The first-order valence-corrected chi connectivity index (χ1v) is 6.17. The lowest BCUT2D eigenvalue weighted by molar-refractivity contribution is 0.501. The summed E-state index contributed by atoms with van der Waals surface area (Å²) in [5, 5.41) is 4.64. The summed E-state index contributed by atoms with van der Waals surface area (Å²) in [7, 11) is 0. The van der Waals surface area contributed by atoms with E-state index in [0.29, 0.717) is 6.04 Å². The van der Waals surface area contributed by atoms with Gasteiger partial charge in [0.25, 0.3) is 0 Å². The zero-order valence-corrected chi connectivity index (χ0v) is 10.1. The third kappa shape index (κ3) is 1.98. The van der Waals surface area contributed by atoms with Crippen molar-refractivity contribution in [3.63, 3.8) is 0 Å². The van der Waals surface area contributed by atoms with Gasteiger partial charge in [-0.25, -0.2) is 0 Å². The van der Waals surface area contributed by atoms with Gasteiger partial charge in [0.1, 0.15) is 0 Å². The molecule has 3 nitrogen and oxygen atoms in total. The van der Waals surface area contributed by atoms with Gasteiger partial charge in [0.15, 0.2) is 0 Å². The van der Waals surface area contributed by atoms with E-state index in [1.54, 1.807) is 0 Å². The molecular weight excluding hydrogens is 210 g/mol. The van der Waals surface area contributed by atoms with Gasteiger partial charge in [-0.1, -0.05) is 6.07 Å². The maximum atomic E-state index is 4.36. The molecule has 0 aliphatic carbocycles. The molecule has 0 bridgehead atoms. The van der Waals surface area contributed by atoms with Crippen LogP contribution in [0, 0.1) is 0 Å². The summed E-state index contributed by atoms with van der Waals surface area (Å²) >= 11 is 0. The Hall–Kier alpha value is -1.61. The highest BCUT2D eigenvalue weighted by Crippen LogP contribution is 2.22. The largest absolute Gasteiger partial charge is 0.366 e. The summed E-state index contributed by atoms with van der Waals surface area (Å²) in [5.74, 6) is 0. The quantitative estimate of drug-likeness (QED) is 0.808. The predicted molar refractivity (Wildman–Crippen MR) is 71.4 cm³/mol. The molecular formula is C14H17N3. The van der Waals surface area contributed by atoms with Gasteiger partial charge in [-0.05, 0) is 31.2 Å². The van der Waals surface area contributed by atoms with E-state index in [9.17, 15) is 0 Å². The number of rotatable bonds is 1. The molecule has 0 radical (unpaired) electrons. The number of fused-ring (bicyclic) bond motifs is 1. The third-order valence-corrected chi connectivity index (χ3v) is 3.42. The number of benzene rings is 1. The number of piperazine rings is 1. The fourth-order valence-corrected chi connectivity index (χ4v) is 2.47. The van der Waals surface area contributed by atoms with Crippen LogP contribution in [0.1, 0.15) is 6.92 Å². The number of pyridine rings is 1. The molecule has 1 atom stereocenters. The minimum Gasteiger partial charge on any atom is -0.366 e. The topological polar surface area (TPSA) is 28.2 Å². The SMILES string of the molecule is CC1CNCCN1c1ccc2ncccc2c1. The second-order valence-electron chi connectivity index (χ2n) is 4.63. The van der Waals surface area contributed by atoms with Crippen LogP contribution in [-0.2, 0) is 0 Å². The molecule has 2 aromatic rings. The van der Waals surface area contributed by atoms with Crippen LogP contribution in [0.3, 0.4) is 0 Å². The van der Waals surface area contributed by atoms with Gasteiger partial charge in [0.2, 0.25) is 0 Å². The number of aromatic nitrogens is 1. The Labute approximate surface area is 101 Å². The van der Waals surface area contributed by atoms with Crippen molar-refractivity contribution in [1.29, 1.82) is 0 Å². The van der Waals surface area contributed by atoms with E-state index in [4.69, 9.17) is 0 Å². The van der Waals surface area contributed by atoms with Gasteiger partial charge in [-0.3, -0.25) is 4.98 Å². The van der Waals surface area contributed by atoms with Gasteiger partial charge in [0, 0.05) is 42.9 Å². The maximum Gasteiger partial charge on any atom is 0.0703 e. The van der Waals surface area contributed by atoms with Crippen molar-refractivity contribution >= 4 is 16.6 Å². The van der Waals surface area contributed by atoms with Crippen LogP contribution in [0.25, 0.3) is 10.9 Å². The highest BCUT2D eigenvalue weighted by molar-refractivity contribution is 5.82. The Morgan fingerprint density at radius 3 is 3.18 bits per heavy atom. The summed E-state index contributed by atoms with van der Waals surface area (Å²) in [4.78, 5) is 6.82. The Kier molecular flexibility index (Phi) is 2.69. The molecule has 0 spiro atoms. The predicted octanol–water partition coefficient (Wildman–Crippen LogP) is 2.03. The first-order chi connectivity index (χ1) is 8.34. The van der Waals surface area contributed by atoms with Gasteiger partial charge >= 0.3 is 0 Å².